The predicted molar refractivity (Wildman–Crippen MR) is 97.4 cm³/mol. The zero-order valence-electron chi connectivity index (χ0n) is 13.9. The standard InChI is InChI=1S/C19H15N3O3S/c1-13(10-20)25-19(24)16-7-2-3-8-17(16)26-12-18(23)22-15-6-4-5-14(9-15)11-21/h2-9,13H,12H2,1H3,(H,22,23)/t13-/m1/s1. The van der Waals surface area contributed by atoms with Gasteiger partial charge in [-0.2, -0.15) is 10.5 Å². The zero-order chi connectivity index (χ0) is 18.9. The molecule has 0 saturated heterocycles. The molecule has 2 rings (SSSR count). The zero-order valence-corrected chi connectivity index (χ0v) is 14.7. The number of rotatable bonds is 6. The van der Waals surface area contributed by atoms with E-state index in [0.29, 0.717) is 21.7 Å². The van der Waals surface area contributed by atoms with Crippen molar-refractivity contribution in [1.82, 2.24) is 0 Å². The minimum Gasteiger partial charge on any atom is -0.444 e. The smallest absolute Gasteiger partial charge is 0.340 e. The van der Waals surface area contributed by atoms with E-state index < -0.39 is 12.1 Å². The lowest BCUT2D eigenvalue weighted by molar-refractivity contribution is -0.113. The van der Waals surface area contributed by atoms with E-state index in [0.717, 1.165) is 0 Å². The first-order valence-corrected chi connectivity index (χ1v) is 8.64. The van der Waals surface area contributed by atoms with Crippen LogP contribution in [0.1, 0.15) is 22.8 Å². The molecule has 0 heterocycles. The van der Waals surface area contributed by atoms with Crippen molar-refractivity contribution < 1.29 is 14.3 Å². The largest absolute Gasteiger partial charge is 0.444 e. The quantitative estimate of drug-likeness (QED) is 0.622. The molecule has 0 radical (unpaired) electrons. The van der Waals surface area contributed by atoms with Crippen molar-refractivity contribution in [2.24, 2.45) is 0 Å². The number of amides is 1. The molecule has 7 heteroatoms. The van der Waals surface area contributed by atoms with E-state index in [1.807, 2.05) is 12.1 Å². The lowest BCUT2D eigenvalue weighted by Gasteiger charge is -2.10. The summed E-state index contributed by atoms with van der Waals surface area (Å²) in [5.74, 6) is -0.794. The summed E-state index contributed by atoms with van der Waals surface area (Å²) in [6, 6.07) is 17.2. The van der Waals surface area contributed by atoms with E-state index in [-0.39, 0.29) is 11.7 Å². The monoisotopic (exact) mass is 365 g/mol. The summed E-state index contributed by atoms with van der Waals surface area (Å²) in [6.07, 6.45) is -0.851. The number of nitrogens with one attached hydrogen (secondary N) is 1. The van der Waals surface area contributed by atoms with Gasteiger partial charge in [-0.05, 0) is 37.3 Å². The molecule has 1 N–H and O–H groups in total. The second kappa shape index (κ2) is 9.26. The van der Waals surface area contributed by atoms with Crippen LogP contribution in [0, 0.1) is 22.7 Å². The van der Waals surface area contributed by atoms with Gasteiger partial charge in [-0.1, -0.05) is 18.2 Å². The third-order valence-electron chi connectivity index (χ3n) is 3.21. The number of nitriles is 2. The Balaban J connectivity index is 2.01. The molecule has 0 aliphatic rings. The first kappa shape index (κ1) is 19.0. The molecule has 6 nitrogen and oxygen atoms in total. The van der Waals surface area contributed by atoms with Gasteiger partial charge in [-0.15, -0.1) is 11.8 Å². The molecule has 0 aliphatic carbocycles. The van der Waals surface area contributed by atoms with Gasteiger partial charge >= 0.3 is 5.97 Å². The Morgan fingerprint density at radius 1 is 1.19 bits per heavy atom. The third kappa shape index (κ3) is 5.37. The highest BCUT2D eigenvalue weighted by Gasteiger charge is 2.16. The van der Waals surface area contributed by atoms with Crippen LogP contribution >= 0.6 is 11.8 Å². The molecule has 1 amide bonds. The number of ether oxygens (including phenoxy) is 1. The van der Waals surface area contributed by atoms with Crippen LogP contribution in [-0.4, -0.2) is 23.7 Å². The van der Waals surface area contributed by atoms with Crippen LogP contribution in [0.2, 0.25) is 0 Å². The molecular weight excluding hydrogens is 350 g/mol. The van der Waals surface area contributed by atoms with E-state index in [9.17, 15) is 9.59 Å². The third-order valence-corrected chi connectivity index (χ3v) is 4.28. The Bertz CT molecular complexity index is 899. The number of carbonyl (C=O) groups excluding carboxylic acids is 2. The summed E-state index contributed by atoms with van der Waals surface area (Å²) in [5, 5.41) is 20.3. The van der Waals surface area contributed by atoms with Crippen molar-refractivity contribution in [3.8, 4) is 12.1 Å². The van der Waals surface area contributed by atoms with Gasteiger partial charge in [0.15, 0.2) is 6.10 Å². The Labute approximate surface area is 155 Å². The molecule has 130 valence electrons. The van der Waals surface area contributed by atoms with Gasteiger partial charge in [0.05, 0.1) is 22.9 Å². The molecule has 0 fully saturated rings. The second-order valence-electron chi connectivity index (χ2n) is 5.20. The van der Waals surface area contributed by atoms with Crippen molar-refractivity contribution in [2.45, 2.75) is 17.9 Å². The Morgan fingerprint density at radius 2 is 1.96 bits per heavy atom. The van der Waals surface area contributed by atoms with Crippen LogP contribution < -0.4 is 5.32 Å². The van der Waals surface area contributed by atoms with Crippen LogP contribution in [0.3, 0.4) is 0 Å². The van der Waals surface area contributed by atoms with Gasteiger partial charge < -0.3 is 10.1 Å². The van der Waals surface area contributed by atoms with Gasteiger partial charge in [0.2, 0.25) is 5.91 Å². The van der Waals surface area contributed by atoms with Crippen LogP contribution in [-0.2, 0) is 9.53 Å². The summed E-state index contributed by atoms with van der Waals surface area (Å²) >= 11 is 1.19. The summed E-state index contributed by atoms with van der Waals surface area (Å²) < 4.78 is 5.01. The molecule has 1 atom stereocenters. The number of hydrogen-bond donors (Lipinski definition) is 1. The van der Waals surface area contributed by atoms with Crippen molar-refractivity contribution >= 4 is 29.3 Å². The Kier molecular flexibility index (Phi) is 6.78. The fraction of sp³-hybridized carbons (Fsp3) is 0.158. The van der Waals surface area contributed by atoms with Gasteiger partial charge in [0.25, 0.3) is 0 Å². The van der Waals surface area contributed by atoms with Crippen LogP contribution in [0.4, 0.5) is 5.69 Å². The highest BCUT2D eigenvalue weighted by atomic mass is 32.2. The highest BCUT2D eigenvalue weighted by Crippen LogP contribution is 2.24. The number of nitrogens with zero attached hydrogens (tertiary/aromatic N) is 2. The second-order valence-corrected chi connectivity index (χ2v) is 6.22. The van der Waals surface area contributed by atoms with Crippen LogP contribution in [0.5, 0.6) is 0 Å². The van der Waals surface area contributed by atoms with E-state index in [2.05, 4.69) is 5.32 Å². The summed E-state index contributed by atoms with van der Waals surface area (Å²) in [6.45, 7) is 1.48. The van der Waals surface area contributed by atoms with E-state index in [1.165, 1.54) is 18.7 Å². The fourth-order valence-corrected chi connectivity index (χ4v) is 2.86. The summed E-state index contributed by atoms with van der Waals surface area (Å²) in [5.41, 5.74) is 1.29. The number of carbonyl (C=O) groups is 2. The first-order chi connectivity index (χ1) is 12.5. The Hall–Kier alpha value is -3.29. The Morgan fingerprint density at radius 3 is 2.69 bits per heavy atom. The molecule has 0 unspecified atom stereocenters. The first-order valence-electron chi connectivity index (χ1n) is 7.66. The van der Waals surface area contributed by atoms with Gasteiger partial charge in [-0.25, -0.2) is 4.79 Å². The van der Waals surface area contributed by atoms with Gasteiger partial charge in [0, 0.05) is 10.6 Å². The normalized spacial score (nSPS) is 10.9. The van der Waals surface area contributed by atoms with Gasteiger partial charge in [-0.3, -0.25) is 4.79 Å². The maximum atomic E-state index is 12.1. The lowest BCUT2D eigenvalue weighted by atomic mass is 10.2. The van der Waals surface area contributed by atoms with Gasteiger partial charge in [0.1, 0.15) is 6.07 Å². The number of anilines is 1. The molecule has 0 bridgehead atoms. The fourth-order valence-electron chi connectivity index (χ4n) is 2.02. The molecule has 26 heavy (non-hydrogen) atoms. The predicted octanol–water partition coefficient (Wildman–Crippen LogP) is 3.36. The molecule has 2 aromatic carbocycles. The molecule has 2 aromatic rings. The van der Waals surface area contributed by atoms with E-state index in [4.69, 9.17) is 15.3 Å². The molecule has 0 aliphatic heterocycles. The topological polar surface area (TPSA) is 103 Å². The van der Waals surface area contributed by atoms with Crippen molar-refractivity contribution in [3.63, 3.8) is 0 Å². The number of esters is 1. The average Bonchev–Trinajstić information content (AvgIpc) is 2.66. The molecule has 0 spiro atoms. The number of hydrogen-bond acceptors (Lipinski definition) is 6. The number of thioether (sulfide) groups is 1. The molecular formula is C19H15N3O3S. The van der Waals surface area contributed by atoms with Crippen LogP contribution in [0.25, 0.3) is 0 Å². The SMILES string of the molecule is C[C@H](C#N)OC(=O)c1ccccc1SCC(=O)Nc1cccc(C#N)c1. The minimum absolute atomic E-state index is 0.0783. The number of benzene rings is 2. The highest BCUT2D eigenvalue weighted by molar-refractivity contribution is 8.00. The summed E-state index contributed by atoms with van der Waals surface area (Å²) in [4.78, 5) is 24.8. The maximum Gasteiger partial charge on any atom is 0.340 e. The minimum atomic E-state index is -0.851. The maximum absolute atomic E-state index is 12.1. The van der Waals surface area contributed by atoms with E-state index >= 15 is 0 Å². The van der Waals surface area contributed by atoms with Crippen molar-refractivity contribution in [1.29, 1.82) is 10.5 Å². The molecule has 0 aromatic heterocycles. The summed E-state index contributed by atoms with van der Waals surface area (Å²) in [7, 11) is 0. The van der Waals surface area contributed by atoms with Crippen LogP contribution in [0.15, 0.2) is 53.4 Å². The van der Waals surface area contributed by atoms with E-state index in [1.54, 1.807) is 48.5 Å². The van der Waals surface area contributed by atoms with Crippen molar-refractivity contribution in [2.75, 3.05) is 11.1 Å². The van der Waals surface area contributed by atoms with Crippen molar-refractivity contribution in [3.05, 3.63) is 59.7 Å². The average molecular weight is 365 g/mol. The lowest BCUT2D eigenvalue weighted by Crippen LogP contribution is -2.16. The molecule has 0 saturated carbocycles.